The smallest absolute Gasteiger partial charge is 0.120 e. The number of anilines is 2. The Bertz CT molecular complexity index is 650. The zero-order chi connectivity index (χ0) is 13.8. The first kappa shape index (κ1) is 13.1. The molecule has 0 atom stereocenters. The monoisotopic (exact) mass is 273 g/mol. The molecule has 96 valence electrons. The summed E-state index contributed by atoms with van der Waals surface area (Å²) in [5.74, 6) is 0.182. The van der Waals surface area contributed by atoms with E-state index in [1.165, 1.54) is 0 Å². The van der Waals surface area contributed by atoms with E-state index in [4.69, 9.17) is 22.6 Å². The van der Waals surface area contributed by atoms with Gasteiger partial charge in [0, 0.05) is 23.5 Å². The number of nitrogens with one attached hydrogen (secondary N) is 1. The average Bonchev–Trinajstić information content (AvgIpc) is 2.40. The second-order valence-electron chi connectivity index (χ2n) is 4.05. The summed E-state index contributed by atoms with van der Waals surface area (Å²) >= 11 is 5.94. The molecule has 0 heterocycles. The lowest BCUT2D eigenvalue weighted by atomic mass is 10.1. The Morgan fingerprint density at radius 2 is 2.05 bits per heavy atom. The van der Waals surface area contributed by atoms with Crippen LogP contribution in [0.4, 0.5) is 11.4 Å². The molecule has 0 aromatic heterocycles. The van der Waals surface area contributed by atoms with Crippen LogP contribution in [0.1, 0.15) is 11.1 Å². The van der Waals surface area contributed by atoms with Crippen molar-refractivity contribution in [3.8, 4) is 11.8 Å². The molecule has 0 radical (unpaired) electrons. The molecule has 0 aliphatic carbocycles. The lowest BCUT2D eigenvalue weighted by Gasteiger charge is -2.09. The molecule has 0 aliphatic rings. The van der Waals surface area contributed by atoms with Crippen LogP contribution >= 0.6 is 11.6 Å². The number of nitrogen functional groups attached to an aromatic ring is 1. The first-order chi connectivity index (χ1) is 9.10. The van der Waals surface area contributed by atoms with E-state index in [0.29, 0.717) is 28.4 Å². The number of nitrogens with two attached hydrogens (primary N) is 1. The highest BCUT2D eigenvalue weighted by Gasteiger charge is 2.04. The van der Waals surface area contributed by atoms with Crippen LogP contribution < -0.4 is 11.1 Å². The van der Waals surface area contributed by atoms with Crippen LogP contribution in [0.2, 0.25) is 5.02 Å². The Hall–Kier alpha value is -2.38. The number of benzene rings is 2. The zero-order valence-electron chi connectivity index (χ0n) is 10.0. The number of nitriles is 1. The third-order valence-corrected chi connectivity index (χ3v) is 2.99. The Balaban J connectivity index is 2.13. The normalized spacial score (nSPS) is 9.89. The predicted octanol–water partition coefficient (Wildman–Crippen LogP) is 3.11. The molecule has 0 fully saturated rings. The SMILES string of the molecule is N#Cc1ccc(NCc2cc(N)ccc2O)cc1Cl. The molecule has 2 aromatic carbocycles. The van der Waals surface area contributed by atoms with Crippen LogP contribution in [0.25, 0.3) is 0 Å². The molecule has 0 unspecified atom stereocenters. The van der Waals surface area contributed by atoms with Crippen LogP contribution in [0.3, 0.4) is 0 Å². The molecule has 4 nitrogen and oxygen atoms in total. The molecule has 2 aromatic rings. The van der Waals surface area contributed by atoms with Crippen molar-refractivity contribution in [3.05, 3.63) is 52.5 Å². The van der Waals surface area contributed by atoms with E-state index in [1.807, 2.05) is 6.07 Å². The van der Waals surface area contributed by atoms with Crippen molar-refractivity contribution in [2.45, 2.75) is 6.54 Å². The zero-order valence-corrected chi connectivity index (χ0v) is 10.8. The van der Waals surface area contributed by atoms with Gasteiger partial charge in [-0.05, 0) is 36.4 Å². The van der Waals surface area contributed by atoms with Crippen molar-refractivity contribution in [1.82, 2.24) is 0 Å². The summed E-state index contributed by atoms with van der Waals surface area (Å²) < 4.78 is 0. The van der Waals surface area contributed by atoms with Crippen molar-refractivity contribution in [3.63, 3.8) is 0 Å². The quantitative estimate of drug-likeness (QED) is 0.593. The lowest BCUT2D eigenvalue weighted by molar-refractivity contribution is 0.469. The van der Waals surface area contributed by atoms with Crippen molar-refractivity contribution < 1.29 is 5.11 Å². The van der Waals surface area contributed by atoms with Crippen molar-refractivity contribution >= 4 is 23.0 Å². The van der Waals surface area contributed by atoms with Gasteiger partial charge in [0.05, 0.1) is 10.6 Å². The molecule has 0 spiro atoms. The molecule has 0 amide bonds. The van der Waals surface area contributed by atoms with E-state index < -0.39 is 0 Å². The number of aromatic hydroxyl groups is 1. The van der Waals surface area contributed by atoms with Crippen LogP contribution in [-0.4, -0.2) is 5.11 Å². The largest absolute Gasteiger partial charge is 0.508 e. The fourth-order valence-corrected chi connectivity index (χ4v) is 1.88. The fraction of sp³-hybridized carbons (Fsp3) is 0.0714. The minimum absolute atomic E-state index is 0.182. The second kappa shape index (κ2) is 5.51. The Morgan fingerprint density at radius 1 is 1.26 bits per heavy atom. The van der Waals surface area contributed by atoms with Crippen molar-refractivity contribution in [1.29, 1.82) is 5.26 Å². The molecule has 4 N–H and O–H groups in total. The van der Waals surface area contributed by atoms with Gasteiger partial charge >= 0.3 is 0 Å². The van der Waals surface area contributed by atoms with Crippen molar-refractivity contribution in [2.24, 2.45) is 0 Å². The first-order valence-electron chi connectivity index (χ1n) is 5.61. The summed E-state index contributed by atoms with van der Waals surface area (Å²) in [6.45, 7) is 0.416. The van der Waals surface area contributed by atoms with E-state index in [0.717, 1.165) is 5.69 Å². The predicted molar refractivity (Wildman–Crippen MR) is 76.0 cm³/mol. The molecule has 2 rings (SSSR count). The lowest BCUT2D eigenvalue weighted by Crippen LogP contribution is -2.00. The number of rotatable bonds is 3. The highest BCUT2D eigenvalue weighted by molar-refractivity contribution is 6.32. The molecule has 0 aliphatic heterocycles. The number of hydrogen-bond acceptors (Lipinski definition) is 4. The number of hydrogen-bond donors (Lipinski definition) is 3. The topological polar surface area (TPSA) is 82.1 Å². The van der Waals surface area contributed by atoms with Gasteiger partial charge in [0.2, 0.25) is 0 Å². The molecular formula is C14H12ClN3O. The van der Waals surface area contributed by atoms with Crippen LogP contribution in [-0.2, 0) is 6.54 Å². The van der Waals surface area contributed by atoms with Crippen LogP contribution in [0.15, 0.2) is 36.4 Å². The summed E-state index contributed by atoms with van der Waals surface area (Å²) in [5.41, 5.74) is 8.15. The van der Waals surface area contributed by atoms with Crippen molar-refractivity contribution in [2.75, 3.05) is 11.1 Å². The first-order valence-corrected chi connectivity index (χ1v) is 5.99. The van der Waals surface area contributed by atoms with Gasteiger partial charge in [-0.1, -0.05) is 11.6 Å². The molecule has 19 heavy (non-hydrogen) atoms. The molecule has 0 saturated heterocycles. The van der Waals surface area contributed by atoms with Gasteiger partial charge in [0.25, 0.3) is 0 Å². The van der Waals surface area contributed by atoms with E-state index in [9.17, 15) is 5.11 Å². The highest BCUT2D eigenvalue weighted by atomic mass is 35.5. The van der Waals surface area contributed by atoms with Gasteiger partial charge in [0.1, 0.15) is 11.8 Å². The Morgan fingerprint density at radius 3 is 2.74 bits per heavy atom. The third kappa shape index (κ3) is 3.09. The highest BCUT2D eigenvalue weighted by Crippen LogP contribution is 2.23. The van der Waals surface area contributed by atoms with Gasteiger partial charge in [-0.15, -0.1) is 0 Å². The maximum Gasteiger partial charge on any atom is 0.120 e. The second-order valence-corrected chi connectivity index (χ2v) is 4.46. The standard InChI is InChI=1S/C14H12ClN3O/c15-13-6-12(3-1-9(13)7-16)18-8-10-5-11(17)2-4-14(10)19/h1-6,18-19H,8,17H2. The maximum absolute atomic E-state index is 9.69. The van der Waals surface area contributed by atoms with Gasteiger partial charge in [-0.3, -0.25) is 0 Å². The van der Waals surface area contributed by atoms with Gasteiger partial charge in [-0.2, -0.15) is 5.26 Å². The van der Waals surface area contributed by atoms with E-state index >= 15 is 0 Å². The summed E-state index contributed by atoms with van der Waals surface area (Å²) in [5, 5.41) is 22.0. The minimum atomic E-state index is 0.182. The Kier molecular flexibility index (Phi) is 3.79. The number of halogens is 1. The van der Waals surface area contributed by atoms with Gasteiger partial charge in [0.15, 0.2) is 0 Å². The summed E-state index contributed by atoms with van der Waals surface area (Å²) in [6, 6.07) is 12.0. The summed E-state index contributed by atoms with van der Waals surface area (Å²) in [7, 11) is 0. The summed E-state index contributed by atoms with van der Waals surface area (Å²) in [4.78, 5) is 0. The fourth-order valence-electron chi connectivity index (χ4n) is 1.66. The number of phenolic OH excluding ortho intramolecular Hbond substituents is 1. The summed E-state index contributed by atoms with van der Waals surface area (Å²) in [6.07, 6.45) is 0. The average molecular weight is 274 g/mol. The number of phenols is 1. The van der Waals surface area contributed by atoms with E-state index in [2.05, 4.69) is 5.32 Å². The van der Waals surface area contributed by atoms with E-state index in [-0.39, 0.29) is 5.75 Å². The third-order valence-electron chi connectivity index (χ3n) is 2.68. The van der Waals surface area contributed by atoms with Crippen LogP contribution in [0, 0.1) is 11.3 Å². The molecule has 0 bridgehead atoms. The maximum atomic E-state index is 9.69. The number of nitrogens with zero attached hydrogens (tertiary/aromatic N) is 1. The minimum Gasteiger partial charge on any atom is -0.508 e. The molecule has 5 heteroatoms. The van der Waals surface area contributed by atoms with E-state index in [1.54, 1.807) is 36.4 Å². The molecular weight excluding hydrogens is 262 g/mol. The van der Waals surface area contributed by atoms with Gasteiger partial charge < -0.3 is 16.2 Å². The van der Waals surface area contributed by atoms with Crippen LogP contribution in [0.5, 0.6) is 5.75 Å². The molecule has 0 saturated carbocycles. The Labute approximate surface area is 116 Å². The van der Waals surface area contributed by atoms with Gasteiger partial charge in [-0.25, -0.2) is 0 Å².